The molecule has 8 heteroatoms. The Kier molecular flexibility index (Phi) is 4.02. The van der Waals surface area contributed by atoms with Crippen molar-refractivity contribution in [2.75, 3.05) is 12.5 Å². The number of rotatable bonds is 3. The van der Waals surface area contributed by atoms with Gasteiger partial charge in [0.05, 0.1) is 12.8 Å². The maximum Gasteiger partial charge on any atom is 0.452 e. The molecule has 0 aliphatic heterocycles. The number of alkyl halides is 3. The summed E-state index contributed by atoms with van der Waals surface area (Å²) < 4.78 is 41.5. The average molecular weight is 248 g/mol. The third kappa shape index (κ3) is 3.74. The predicted octanol–water partition coefficient (Wildman–Crippen LogP) is 1.45. The standard InChI is InChI=1S/C9H11F3N4O/c1-17-7-4-2-6(3-5-7)15-16-8(14-13)9(10,11)12/h2-5,15H,13H2,1H3,(H,14,16). The largest absolute Gasteiger partial charge is 0.497 e. The van der Waals surface area contributed by atoms with Crippen molar-refractivity contribution >= 4 is 11.5 Å². The van der Waals surface area contributed by atoms with Crippen LogP contribution in [0.5, 0.6) is 5.75 Å². The van der Waals surface area contributed by atoms with Crippen molar-refractivity contribution in [3.8, 4) is 5.75 Å². The van der Waals surface area contributed by atoms with Gasteiger partial charge in [0, 0.05) is 0 Å². The van der Waals surface area contributed by atoms with Gasteiger partial charge in [-0.3, -0.25) is 10.9 Å². The summed E-state index contributed by atoms with van der Waals surface area (Å²) >= 11 is 0. The highest BCUT2D eigenvalue weighted by Gasteiger charge is 2.36. The Labute approximate surface area is 95.4 Å². The van der Waals surface area contributed by atoms with E-state index in [4.69, 9.17) is 4.74 Å². The number of hydrazine groups is 1. The van der Waals surface area contributed by atoms with Crippen LogP contribution in [0.15, 0.2) is 29.4 Å². The second-order valence-corrected chi connectivity index (χ2v) is 2.95. The van der Waals surface area contributed by atoms with Crippen LogP contribution in [0, 0.1) is 0 Å². The lowest BCUT2D eigenvalue weighted by molar-refractivity contribution is -0.0616. The van der Waals surface area contributed by atoms with Gasteiger partial charge in [-0.05, 0) is 24.3 Å². The monoisotopic (exact) mass is 248 g/mol. The Balaban J connectivity index is 2.61. The van der Waals surface area contributed by atoms with E-state index in [0.29, 0.717) is 11.4 Å². The molecule has 0 unspecified atom stereocenters. The summed E-state index contributed by atoms with van der Waals surface area (Å²) in [5.41, 5.74) is 4.60. The van der Waals surface area contributed by atoms with Crippen LogP contribution in [0.2, 0.25) is 0 Å². The highest BCUT2D eigenvalue weighted by atomic mass is 19.4. The number of hydrogen-bond donors (Lipinski definition) is 3. The first-order valence-electron chi connectivity index (χ1n) is 4.48. The van der Waals surface area contributed by atoms with Crippen molar-refractivity contribution in [2.24, 2.45) is 10.9 Å². The first-order chi connectivity index (χ1) is 7.97. The summed E-state index contributed by atoms with van der Waals surface area (Å²) in [4.78, 5) is 0. The number of amidine groups is 1. The molecule has 1 rings (SSSR count). The highest BCUT2D eigenvalue weighted by molar-refractivity contribution is 5.88. The lowest BCUT2D eigenvalue weighted by Crippen LogP contribution is -2.41. The zero-order valence-electron chi connectivity index (χ0n) is 8.88. The van der Waals surface area contributed by atoms with Crippen LogP contribution in [0.1, 0.15) is 0 Å². The quantitative estimate of drug-likeness (QED) is 0.327. The van der Waals surface area contributed by atoms with E-state index in [1.54, 1.807) is 12.1 Å². The molecule has 0 aliphatic rings. The minimum absolute atomic E-state index is 0.413. The van der Waals surface area contributed by atoms with Crippen LogP contribution in [0.25, 0.3) is 0 Å². The molecule has 0 fully saturated rings. The molecule has 4 N–H and O–H groups in total. The van der Waals surface area contributed by atoms with Gasteiger partial charge in [-0.2, -0.15) is 18.3 Å². The van der Waals surface area contributed by atoms with Gasteiger partial charge in [-0.15, -0.1) is 0 Å². The van der Waals surface area contributed by atoms with Crippen LogP contribution < -0.4 is 21.4 Å². The number of nitrogens with one attached hydrogen (secondary N) is 2. The number of hydrazone groups is 1. The van der Waals surface area contributed by atoms with Gasteiger partial charge in [0.15, 0.2) is 0 Å². The molecule has 0 heterocycles. The number of methoxy groups -OCH3 is 1. The van der Waals surface area contributed by atoms with Crippen molar-refractivity contribution in [3.63, 3.8) is 0 Å². The van der Waals surface area contributed by atoms with Crippen molar-refractivity contribution < 1.29 is 17.9 Å². The van der Waals surface area contributed by atoms with Gasteiger partial charge >= 0.3 is 6.18 Å². The normalized spacial score (nSPS) is 12.1. The molecule has 17 heavy (non-hydrogen) atoms. The van der Waals surface area contributed by atoms with Gasteiger partial charge in [0.25, 0.3) is 0 Å². The number of benzene rings is 1. The molecule has 0 saturated carbocycles. The smallest absolute Gasteiger partial charge is 0.452 e. The summed E-state index contributed by atoms with van der Waals surface area (Å²) in [7, 11) is 1.49. The molecular weight excluding hydrogens is 237 g/mol. The van der Waals surface area contributed by atoms with Crippen molar-refractivity contribution in [1.82, 2.24) is 5.43 Å². The lowest BCUT2D eigenvalue weighted by Gasteiger charge is -2.13. The molecule has 0 aliphatic carbocycles. The van der Waals surface area contributed by atoms with E-state index in [1.807, 2.05) is 5.43 Å². The summed E-state index contributed by atoms with van der Waals surface area (Å²) in [5.74, 6) is 3.90. The molecule has 0 aromatic heterocycles. The lowest BCUT2D eigenvalue weighted by atomic mass is 10.3. The van der Waals surface area contributed by atoms with Gasteiger partial charge in [0.1, 0.15) is 5.75 Å². The number of hydrogen-bond acceptors (Lipinski definition) is 4. The second kappa shape index (κ2) is 5.28. The SMILES string of the molecule is COc1ccc(NN/C(=N/N)C(F)(F)F)cc1. The minimum Gasteiger partial charge on any atom is -0.497 e. The van der Waals surface area contributed by atoms with Crippen LogP contribution >= 0.6 is 0 Å². The fraction of sp³-hybridized carbons (Fsp3) is 0.222. The number of ether oxygens (including phenoxy) is 1. The average Bonchev–Trinajstić information content (AvgIpc) is 2.29. The maximum atomic E-state index is 12.2. The number of nitrogens with zero attached hydrogens (tertiary/aromatic N) is 1. The highest BCUT2D eigenvalue weighted by Crippen LogP contribution is 2.17. The van der Waals surface area contributed by atoms with E-state index < -0.39 is 12.0 Å². The third-order valence-corrected chi connectivity index (χ3v) is 1.81. The van der Waals surface area contributed by atoms with Crippen molar-refractivity contribution in [2.45, 2.75) is 6.18 Å². The van der Waals surface area contributed by atoms with E-state index >= 15 is 0 Å². The summed E-state index contributed by atoms with van der Waals surface area (Å²) in [6.07, 6.45) is -4.63. The number of anilines is 1. The summed E-state index contributed by atoms with van der Waals surface area (Å²) in [6, 6.07) is 6.26. The molecule has 0 bridgehead atoms. The molecule has 0 saturated heterocycles. The number of nitrogens with two attached hydrogens (primary N) is 1. The maximum absolute atomic E-state index is 12.2. The topological polar surface area (TPSA) is 71.7 Å². The molecule has 5 nitrogen and oxygen atoms in total. The number of halogens is 3. The Hall–Kier alpha value is -2.12. The molecule has 1 aromatic carbocycles. The molecule has 1 aromatic rings. The molecule has 0 amide bonds. The summed E-state index contributed by atoms with van der Waals surface area (Å²) in [6.45, 7) is 0. The van der Waals surface area contributed by atoms with Gasteiger partial charge in [-0.25, -0.2) is 0 Å². The van der Waals surface area contributed by atoms with Gasteiger partial charge < -0.3 is 10.6 Å². The predicted molar refractivity (Wildman–Crippen MR) is 57.4 cm³/mol. The third-order valence-electron chi connectivity index (χ3n) is 1.81. The first kappa shape index (κ1) is 12.9. The van der Waals surface area contributed by atoms with Gasteiger partial charge in [0.2, 0.25) is 5.84 Å². The minimum atomic E-state index is -4.63. The first-order valence-corrected chi connectivity index (χ1v) is 4.48. The Morgan fingerprint density at radius 1 is 1.29 bits per heavy atom. The van der Waals surface area contributed by atoms with Crippen LogP contribution in [0.3, 0.4) is 0 Å². The second-order valence-electron chi connectivity index (χ2n) is 2.95. The van der Waals surface area contributed by atoms with Crippen molar-refractivity contribution in [1.29, 1.82) is 0 Å². The van der Waals surface area contributed by atoms with Crippen molar-refractivity contribution in [3.05, 3.63) is 24.3 Å². The van der Waals surface area contributed by atoms with E-state index in [-0.39, 0.29) is 0 Å². The van der Waals surface area contributed by atoms with E-state index in [2.05, 4.69) is 16.4 Å². The van der Waals surface area contributed by atoms with E-state index in [1.165, 1.54) is 19.2 Å². The molecule has 0 atom stereocenters. The van der Waals surface area contributed by atoms with E-state index in [9.17, 15) is 13.2 Å². The molecule has 0 radical (unpaired) electrons. The molecule has 0 spiro atoms. The Morgan fingerprint density at radius 2 is 1.88 bits per heavy atom. The van der Waals surface area contributed by atoms with E-state index in [0.717, 1.165) is 0 Å². The Morgan fingerprint density at radius 3 is 2.29 bits per heavy atom. The summed E-state index contributed by atoms with van der Waals surface area (Å²) in [5, 5.41) is 2.60. The Bertz CT molecular complexity index is 388. The fourth-order valence-corrected chi connectivity index (χ4v) is 0.982. The fourth-order valence-electron chi connectivity index (χ4n) is 0.982. The zero-order chi connectivity index (χ0) is 12.9. The molecule has 94 valence electrons. The van der Waals surface area contributed by atoms with Crippen LogP contribution in [-0.4, -0.2) is 19.1 Å². The zero-order valence-corrected chi connectivity index (χ0v) is 8.88. The van der Waals surface area contributed by atoms with Crippen LogP contribution in [-0.2, 0) is 0 Å². The van der Waals surface area contributed by atoms with Crippen LogP contribution in [0.4, 0.5) is 18.9 Å². The molecular formula is C9H11F3N4O. The van der Waals surface area contributed by atoms with Gasteiger partial charge in [-0.1, -0.05) is 0 Å².